The van der Waals surface area contributed by atoms with Gasteiger partial charge in [0.05, 0.1) is 13.2 Å². The molecule has 1 unspecified atom stereocenters. The number of hydrogen-bond acceptors (Lipinski definition) is 3. The van der Waals surface area contributed by atoms with Gasteiger partial charge in [0.1, 0.15) is 0 Å². The second-order valence-electron chi connectivity index (χ2n) is 4.17. The molecule has 0 amide bonds. The fourth-order valence-corrected chi connectivity index (χ4v) is 3.66. The Bertz CT molecular complexity index is 565. The minimum Gasteiger partial charge on any atom is -0.494 e. The first-order chi connectivity index (χ1) is 9.06. The summed E-state index contributed by atoms with van der Waals surface area (Å²) in [4.78, 5) is 2.36. The molecule has 2 nitrogen and oxygen atoms in total. The predicted octanol–water partition coefficient (Wildman–Crippen LogP) is 4.28. The van der Waals surface area contributed by atoms with Crippen LogP contribution in [0.3, 0.4) is 0 Å². The maximum atomic E-state index is 13.8. The SMILES string of the molecule is CNC(c1ccc(OC)c(F)c1)c1cc(Br)c(C)s1. The fraction of sp³-hybridized carbons (Fsp3) is 0.286. The normalized spacial score (nSPS) is 12.5. The number of thiophene rings is 1. The van der Waals surface area contributed by atoms with Crippen LogP contribution in [0.5, 0.6) is 5.75 Å². The minimum absolute atomic E-state index is 0.0181. The van der Waals surface area contributed by atoms with Crippen molar-refractivity contribution < 1.29 is 9.13 Å². The number of aryl methyl sites for hydroxylation is 1. The van der Waals surface area contributed by atoms with Crippen molar-refractivity contribution >= 4 is 27.3 Å². The molecule has 0 bridgehead atoms. The van der Waals surface area contributed by atoms with E-state index < -0.39 is 0 Å². The summed E-state index contributed by atoms with van der Waals surface area (Å²) in [5.74, 6) is -0.0743. The van der Waals surface area contributed by atoms with E-state index in [1.807, 2.05) is 13.1 Å². The van der Waals surface area contributed by atoms with E-state index in [1.165, 1.54) is 18.1 Å². The van der Waals surface area contributed by atoms with Crippen LogP contribution in [0.15, 0.2) is 28.7 Å². The predicted molar refractivity (Wildman–Crippen MR) is 80.6 cm³/mol. The van der Waals surface area contributed by atoms with Crippen molar-refractivity contribution in [2.45, 2.75) is 13.0 Å². The maximum Gasteiger partial charge on any atom is 0.165 e. The van der Waals surface area contributed by atoms with Crippen molar-refractivity contribution in [2.75, 3.05) is 14.2 Å². The average Bonchev–Trinajstić information content (AvgIpc) is 2.70. The molecule has 0 aliphatic rings. The van der Waals surface area contributed by atoms with Gasteiger partial charge in [-0.05, 0) is 53.7 Å². The number of rotatable bonds is 4. The van der Waals surface area contributed by atoms with Crippen LogP contribution < -0.4 is 10.1 Å². The van der Waals surface area contributed by atoms with Crippen LogP contribution in [0.2, 0.25) is 0 Å². The Balaban J connectivity index is 2.39. The van der Waals surface area contributed by atoms with Gasteiger partial charge in [-0.25, -0.2) is 4.39 Å². The van der Waals surface area contributed by atoms with Crippen molar-refractivity contribution in [3.8, 4) is 5.75 Å². The Labute approximate surface area is 124 Å². The largest absolute Gasteiger partial charge is 0.494 e. The summed E-state index contributed by atoms with van der Waals surface area (Å²) in [7, 11) is 3.34. The summed E-state index contributed by atoms with van der Waals surface area (Å²) < 4.78 is 19.8. The summed E-state index contributed by atoms with van der Waals surface area (Å²) in [6, 6.07) is 7.11. The Morgan fingerprint density at radius 3 is 2.58 bits per heavy atom. The van der Waals surface area contributed by atoms with Crippen LogP contribution in [-0.2, 0) is 0 Å². The highest BCUT2D eigenvalue weighted by Gasteiger charge is 2.17. The summed E-state index contributed by atoms with van der Waals surface area (Å²) in [6.07, 6.45) is 0. The molecule has 0 fully saturated rings. The third-order valence-electron chi connectivity index (χ3n) is 2.96. The van der Waals surface area contributed by atoms with Gasteiger partial charge in [-0.3, -0.25) is 0 Å². The first-order valence-corrected chi connectivity index (χ1v) is 7.44. The Hall–Kier alpha value is -0.910. The van der Waals surface area contributed by atoms with Crippen LogP contribution >= 0.6 is 27.3 Å². The lowest BCUT2D eigenvalue weighted by molar-refractivity contribution is 0.386. The molecule has 1 aromatic heterocycles. The highest BCUT2D eigenvalue weighted by atomic mass is 79.9. The highest BCUT2D eigenvalue weighted by molar-refractivity contribution is 9.10. The van der Waals surface area contributed by atoms with Crippen LogP contribution in [0.4, 0.5) is 4.39 Å². The van der Waals surface area contributed by atoms with Gasteiger partial charge in [0.15, 0.2) is 11.6 Å². The van der Waals surface area contributed by atoms with Crippen molar-refractivity contribution in [2.24, 2.45) is 0 Å². The molecule has 102 valence electrons. The second-order valence-corrected chi connectivity index (χ2v) is 6.31. The van der Waals surface area contributed by atoms with Gasteiger partial charge < -0.3 is 10.1 Å². The zero-order chi connectivity index (χ0) is 14.0. The van der Waals surface area contributed by atoms with E-state index >= 15 is 0 Å². The van der Waals surface area contributed by atoms with E-state index in [4.69, 9.17) is 4.74 Å². The molecule has 0 aliphatic heterocycles. The van der Waals surface area contributed by atoms with Crippen LogP contribution in [0.1, 0.15) is 21.4 Å². The molecule has 0 aliphatic carbocycles. The number of halogens is 2. The first-order valence-electron chi connectivity index (χ1n) is 5.83. The van der Waals surface area contributed by atoms with E-state index in [2.05, 4.69) is 34.2 Å². The monoisotopic (exact) mass is 343 g/mol. The molecule has 1 N–H and O–H groups in total. The minimum atomic E-state index is -0.340. The van der Waals surface area contributed by atoms with Crippen molar-refractivity contribution in [3.63, 3.8) is 0 Å². The van der Waals surface area contributed by atoms with Crippen LogP contribution in [0, 0.1) is 12.7 Å². The van der Waals surface area contributed by atoms with E-state index in [9.17, 15) is 4.39 Å². The van der Waals surface area contributed by atoms with Gasteiger partial charge in [0, 0.05) is 14.2 Å². The third kappa shape index (κ3) is 2.99. The van der Waals surface area contributed by atoms with Gasteiger partial charge in [-0.1, -0.05) is 6.07 Å². The lowest BCUT2D eigenvalue weighted by Crippen LogP contribution is -2.16. The summed E-state index contributed by atoms with van der Waals surface area (Å²) >= 11 is 5.21. The number of methoxy groups -OCH3 is 1. The lowest BCUT2D eigenvalue weighted by Gasteiger charge is -2.15. The zero-order valence-corrected chi connectivity index (χ0v) is 13.4. The molecule has 0 radical (unpaired) electrons. The summed E-state index contributed by atoms with van der Waals surface area (Å²) in [5.41, 5.74) is 0.884. The second kappa shape index (κ2) is 6.03. The number of ether oxygens (including phenoxy) is 1. The first kappa shape index (κ1) is 14.5. The maximum absolute atomic E-state index is 13.8. The van der Waals surface area contributed by atoms with Gasteiger partial charge in [-0.15, -0.1) is 11.3 Å². The summed E-state index contributed by atoms with van der Waals surface area (Å²) in [5, 5.41) is 3.22. The van der Waals surface area contributed by atoms with Crippen molar-refractivity contribution in [1.82, 2.24) is 5.32 Å². The number of nitrogens with one attached hydrogen (secondary N) is 1. The van der Waals surface area contributed by atoms with E-state index in [0.717, 1.165) is 14.9 Å². The Kier molecular flexibility index (Phi) is 4.60. The molecule has 19 heavy (non-hydrogen) atoms. The number of benzene rings is 1. The average molecular weight is 344 g/mol. The lowest BCUT2D eigenvalue weighted by atomic mass is 10.1. The van der Waals surface area contributed by atoms with Crippen LogP contribution in [0.25, 0.3) is 0 Å². The van der Waals surface area contributed by atoms with E-state index in [1.54, 1.807) is 17.4 Å². The highest BCUT2D eigenvalue weighted by Crippen LogP contribution is 2.34. The Morgan fingerprint density at radius 2 is 2.11 bits per heavy atom. The summed E-state index contributed by atoms with van der Waals surface area (Å²) in [6.45, 7) is 2.06. The molecule has 2 rings (SSSR count). The zero-order valence-electron chi connectivity index (χ0n) is 11.0. The molecule has 1 atom stereocenters. The van der Waals surface area contributed by atoms with Crippen LogP contribution in [-0.4, -0.2) is 14.2 Å². The third-order valence-corrected chi connectivity index (χ3v) is 5.16. The molecular formula is C14H15BrFNOS. The molecule has 1 aromatic carbocycles. The van der Waals surface area contributed by atoms with Gasteiger partial charge in [-0.2, -0.15) is 0 Å². The van der Waals surface area contributed by atoms with E-state index in [0.29, 0.717) is 0 Å². The molecule has 0 spiro atoms. The molecular weight excluding hydrogens is 329 g/mol. The molecule has 0 saturated heterocycles. The molecule has 5 heteroatoms. The number of hydrogen-bond donors (Lipinski definition) is 1. The molecule has 0 saturated carbocycles. The van der Waals surface area contributed by atoms with Crippen molar-refractivity contribution in [1.29, 1.82) is 0 Å². The van der Waals surface area contributed by atoms with Gasteiger partial charge in [0.2, 0.25) is 0 Å². The quantitative estimate of drug-likeness (QED) is 0.894. The topological polar surface area (TPSA) is 21.3 Å². The van der Waals surface area contributed by atoms with E-state index in [-0.39, 0.29) is 17.6 Å². The standard InChI is InChI=1S/C14H15BrFNOS/c1-8-10(15)7-13(19-8)14(17-2)9-4-5-12(18-3)11(16)6-9/h4-7,14,17H,1-3H3. The molecule has 1 heterocycles. The fourth-order valence-electron chi connectivity index (χ4n) is 1.96. The smallest absolute Gasteiger partial charge is 0.165 e. The van der Waals surface area contributed by atoms with Gasteiger partial charge in [0.25, 0.3) is 0 Å². The van der Waals surface area contributed by atoms with Gasteiger partial charge >= 0.3 is 0 Å². The van der Waals surface area contributed by atoms with Crippen molar-refractivity contribution in [3.05, 3.63) is 49.9 Å². The Morgan fingerprint density at radius 1 is 1.37 bits per heavy atom. The molecule has 2 aromatic rings.